The lowest BCUT2D eigenvalue weighted by molar-refractivity contribution is 0.926. The molecule has 0 aromatic rings. The van der Waals surface area contributed by atoms with Gasteiger partial charge in [-0.2, -0.15) is 0 Å². The fraction of sp³-hybridized carbons (Fsp3) is 0.333. The lowest BCUT2D eigenvalue weighted by atomic mass is 9.98. The van der Waals surface area contributed by atoms with Gasteiger partial charge >= 0.3 is 0 Å². The minimum absolute atomic E-state index is 0.252. The van der Waals surface area contributed by atoms with Crippen LogP contribution in [0.1, 0.15) is 6.42 Å². The zero-order valence-corrected chi connectivity index (χ0v) is 11.0. The van der Waals surface area contributed by atoms with Crippen LogP contribution < -0.4 is 17.2 Å². The number of rotatable bonds is 0. The fourth-order valence-electron chi connectivity index (χ4n) is 2.46. The molecule has 3 atom stereocenters. The highest BCUT2D eigenvalue weighted by atomic mass is 31.1. The molecule has 0 bridgehead atoms. The van der Waals surface area contributed by atoms with E-state index in [-0.39, 0.29) is 5.92 Å². The summed E-state index contributed by atoms with van der Waals surface area (Å²) in [5, 5.41) is 2.65. The van der Waals surface area contributed by atoms with E-state index in [9.17, 15) is 0 Å². The van der Waals surface area contributed by atoms with Gasteiger partial charge in [0, 0.05) is 22.1 Å². The number of hydrogen-bond donors (Lipinski definition) is 3. The van der Waals surface area contributed by atoms with E-state index >= 15 is 0 Å². The second-order valence-corrected chi connectivity index (χ2v) is 7.69. The van der Waals surface area contributed by atoms with Crippen molar-refractivity contribution in [2.75, 3.05) is 0 Å². The topological polar surface area (TPSA) is 78.1 Å². The summed E-state index contributed by atoms with van der Waals surface area (Å²) in [6.07, 6.45) is 1.10. The molecule has 6 N–H and O–H groups in total. The Morgan fingerprint density at radius 1 is 1.27 bits per heavy atom. The zero-order valence-electron chi connectivity index (χ0n) is 8.07. The van der Waals surface area contributed by atoms with E-state index in [2.05, 4.69) is 9.24 Å². The van der Waals surface area contributed by atoms with Crippen LogP contribution in [0, 0.1) is 5.92 Å². The Morgan fingerprint density at radius 3 is 2.73 bits per heavy atom. The Hall–Kier alpha value is -0.350. The molecule has 1 fully saturated rings. The Bertz CT molecular complexity index is 487. The van der Waals surface area contributed by atoms with Gasteiger partial charge in [-0.05, 0) is 25.5 Å². The maximum Gasteiger partial charge on any atom is 0.0790 e. The van der Waals surface area contributed by atoms with Gasteiger partial charge in [0.15, 0.2) is 0 Å². The average Bonchev–Trinajstić information content (AvgIpc) is 2.72. The van der Waals surface area contributed by atoms with Crippen LogP contribution in [0.25, 0.3) is 0 Å². The van der Waals surface area contributed by atoms with Gasteiger partial charge in [0.1, 0.15) is 0 Å². The van der Waals surface area contributed by atoms with Gasteiger partial charge in [0.05, 0.1) is 11.4 Å². The monoisotopic (exact) mass is 255 g/mol. The molecular formula is C9H12N3P3. The molecular weight excluding hydrogens is 243 g/mol. The number of hydrogen-bond acceptors (Lipinski definition) is 3. The van der Waals surface area contributed by atoms with Crippen molar-refractivity contribution in [1.29, 1.82) is 0 Å². The van der Waals surface area contributed by atoms with E-state index in [1.807, 2.05) is 0 Å². The predicted octanol–water partition coefficient (Wildman–Crippen LogP) is 0.771. The molecule has 78 valence electrons. The summed E-state index contributed by atoms with van der Waals surface area (Å²) in [5.74, 6) is 0.252. The molecule has 3 nitrogen and oxygen atoms in total. The van der Waals surface area contributed by atoms with Crippen molar-refractivity contribution in [2.24, 2.45) is 23.1 Å². The van der Waals surface area contributed by atoms with Gasteiger partial charge in [0.25, 0.3) is 0 Å². The summed E-state index contributed by atoms with van der Waals surface area (Å²) in [6.45, 7) is 0. The molecule has 1 aliphatic carbocycles. The van der Waals surface area contributed by atoms with E-state index in [4.69, 9.17) is 17.2 Å². The smallest absolute Gasteiger partial charge is 0.0790 e. The van der Waals surface area contributed by atoms with E-state index in [0.29, 0.717) is 5.66 Å². The van der Waals surface area contributed by atoms with Crippen LogP contribution in [0.3, 0.4) is 0 Å². The summed E-state index contributed by atoms with van der Waals surface area (Å²) in [5.41, 5.74) is 22.5. The van der Waals surface area contributed by atoms with Crippen LogP contribution in [0.2, 0.25) is 0 Å². The molecule has 3 aliphatic rings. The molecule has 2 aliphatic heterocycles. The van der Waals surface area contributed by atoms with Gasteiger partial charge in [0.2, 0.25) is 0 Å². The first kappa shape index (κ1) is 9.85. The van der Waals surface area contributed by atoms with E-state index < -0.39 is 0 Å². The van der Waals surface area contributed by atoms with Crippen molar-refractivity contribution in [2.45, 2.75) is 12.1 Å². The highest BCUT2D eigenvalue weighted by Gasteiger charge is 2.43. The predicted molar refractivity (Wildman–Crippen MR) is 72.1 cm³/mol. The Morgan fingerprint density at radius 2 is 2.00 bits per heavy atom. The maximum atomic E-state index is 6.11. The summed E-state index contributed by atoms with van der Waals surface area (Å²) in [6, 6.07) is 0. The zero-order chi connectivity index (χ0) is 10.7. The molecule has 0 spiro atoms. The van der Waals surface area contributed by atoms with E-state index in [0.717, 1.165) is 31.5 Å². The maximum absolute atomic E-state index is 6.11. The largest absolute Gasteiger partial charge is 0.399 e. The second-order valence-electron chi connectivity index (χ2n) is 3.98. The van der Waals surface area contributed by atoms with E-state index in [1.165, 1.54) is 24.1 Å². The average molecular weight is 255 g/mol. The van der Waals surface area contributed by atoms with E-state index in [1.54, 1.807) is 0 Å². The van der Waals surface area contributed by atoms with Gasteiger partial charge in [-0.15, -0.1) is 0 Å². The second kappa shape index (κ2) is 3.08. The van der Waals surface area contributed by atoms with Crippen LogP contribution >= 0.6 is 25.6 Å². The van der Waals surface area contributed by atoms with Crippen LogP contribution in [-0.4, -0.2) is 16.0 Å². The van der Waals surface area contributed by atoms with Crippen LogP contribution in [0.4, 0.5) is 0 Å². The highest BCUT2D eigenvalue weighted by Crippen LogP contribution is 2.51. The Kier molecular flexibility index (Phi) is 2.02. The number of nitrogens with two attached hydrogens (primary N) is 3. The first-order chi connectivity index (χ1) is 7.09. The minimum atomic E-state index is 0.252. The number of allylic oxidation sites excluding steroid dienone is 2. The third-order valence-electron chi connectivity index (χ3n) is 3.16. The minimum Gasteiger partial charge on any atom is -0.399 e. The molecule has 0 aromatic carbocycles. The van der Waals surface area contributed by atoms with Crippen LogP contribution in [-0.2, 0) is 0 Å². The molecule has 2 heterocycles. The Labute approximate surface area is 94.0 Å². The van der Waals surface area contributed by atoms with Gasteiger partial charge in [-0.3, -0.25) is 0 Å². The highest BCUT2D eigenvalue weighted by molar-refractivity contribution is 7.66. The summed E-state index contributed by atoms with van der Waals surface area (Å²) >= 11 is 0. The standard InChI is InChI=1S/C9H12N3P3/c10-6-4-2(14-8(6)12)1-3-5(4)7(11)9(13)15-3/h3-4H,1,10-13H2. The molecule has 1 saturated carbocycles. The quantitative estimate of drug-likeness (QED) is 0.559. The summed E-state index contributed by atoms with van der Waals surface area (Å²) in [4.78, 5) is 0. The first-order valence-corrected chi connectivity index (χ1v) is 7.19. The molecule has 3 rings (SSSR count). The van der Waals surface area contributed by atoms with Gasteiger partial charge < -0.3 is 17.2 Å². The molecule has 15 heavy (non-hydrogen) atoms. The number of fused-ring (bicyclic) bond motifs is 3. The lowest BCUT2D eigenvalue weighted by Gasteiger charge is -2.12. The molecule has 0 saturated heterocycles. The normalized spacial score (nSPS) is 35.3. The summed E-state index contributed by atoms with van der Waals surface area (Å²) < 4.78 is 0. The van der Waals surface area contributed by atoms with Crippen molar-refractivity contribution in [3.05, 3.63) is 22.4 Å². The third-order valence-corrected chi connectivity index (χ3v) is 6.44. The van der Waals surface area contributed by atoms with Gasteiger partial charge in [-0.1, -0.05) is 17.4 Å². The van der Waals surface area contributed by atoms with Crippen molar-refractivity contribution in [1.82, 2.24) is 0 Å². The summed E-state index contributed by atoms with van der Waals surface area (Å²) in [7, 11) is 5.20. The molecule has 0 radical (unpaired) electrons. The SMILES string of the molecule is NC1=C(N)C2C(=P1)CC1P=C(P)C(N)=C12. The van der Waals surface area contributed by atoms with Crippen molar-refractivity contribution in [3.63, 3.8) is 0 Å². The van der Waals surface area contributed by atoms with Crippen molar-refractivity contribution >= 4 is 36.0 Å². The fourth-order valence-corrected chi connectivity index (χ4v) is 5.88. The molecule has 0 amide bonds. The van der Waals surface area contributed by atoms with Crippen LogP contribution in [0.5, 0.6) is 0 Å². The third kappa shape index (κ3) is 1.18. The van der Waals surface area contributed by atoms with Crippen LogP contribution in [0.15, 0.2) is 22.4 Å². The molecule has 6 heteroatoms. The lowest BCUT2D eigenvalue weighted by Crippen LogP contribution is -2.19. The molecule has 3 unspecified atom stereocenters. The van der Waals surface area contributed by atoms with Crippen molar-refractivity contribution in [3.8, 4) is 0 Å². The first-order valence-electron chi connectivity index (χ1n) is 4.75. The molecule has 0 aromatic heterocycles. The van der Waals surface area contributed by atoms with Gasteiger partial charge in [-0.25, -0.2) is 0 Å². The van der Waals surface area contributed by atoms with Crippen molar-refractivity contribution < 1.29 is 0 Å². The Balaban J connectivity index is 2.13.